The molecule has 0 aliphatic heterocycles. The Bertz CT molecular complexity index is 1890. The van der Waals surface area contributed by atoms with E-state index in [9.17, 15) is 0 Å². The summed E-state index contributed by atoms with van der Waals surface area (Å²) >= 11 is 0. The summed E-state index contributed by atoms with van der Waals surface area (Å²) in [4.78, 5) is 0. The second kappa shape index (κ2) is 10.9. The first-order valence-corrected chi connectivity index (χ1v) is 14.2. The largest absolute Gasteiger partial charge is 0.496 e. The van der Waals surface area contributed by atoms with E-state index in [0.717, 1.165) is 44.5 Å². The summed E-state index contributed by atoms with van der Waals surface area (Å²) in [5.41, 5.74) is 9.17. The number of hydrogen-bond acceptors (Lipinski definition) is 2. The third-order valence-electron chi connectivity index (χ3n) is 8.08. The molecule has 202 valence electrons. The van der Waals surface area contributed by atoms with E-state index in [1.165, 1.54) is 33.0 Å². The molecule has 0 spiro atoms. The van der Waals surface area contributed by atoms with Crippen LogP contribution in [0.3, 0.4) is 0 Å². The van der Waals surface area contributed by atoms with Gasteiger partial charge in [0, 0.05) is 22.3 Å². The number of fused-ring (bicyclic) bond motifs is 2. The molecular weight excluding hydrogens is 512 g/mol. The summed E-state index contributed by atoms with van der Waals surface area (Å²) in [7, 11) is 3.49. The highest BCUT2D eigenvalue weighted by Crippen LogP contribution is 2.49. The van der Waals surface area contributed by atoms with Gasteiger partial charge in [0.15, 0.2) is 0 Å². The molecule has 0 unspecified atom stereocenters. The maximum Gasteiger partial charge on any atom is 0.126 e. The minimum absolute atomic E-state index is 0.849. The minimum Gasteiger partial charge on any atom is -0.496 e. The lowest BCUT2D eigenvalue weighted by Gasteiger charge is -2.21. The van der Waals surface area contributed by atoms with Gasteiger partial charge in [-0.15, -0.1) is 0 Å². The summed E-state index contributed by atoms with van der Waals surface area (Å²) in [6.07, 6.45) is 0. The molecule has 0 saturated heterocycles. The first-order valence-electron chi connectivity index (χ1n) is 14.2. The summed E-state index contributed by atoms with van der Waals surface area (Å²) in [6.45, 7) is 0. The van der Waals surface area contributed by atoms with Gasteiger partial charge in [0.05, 0.1) is 14.2 Å². The molecule has 0 aromatic heterocycles. The van der Waals surface area contributed by atoms with Crippen molar-refractivity contribution in [3.63, 3.8) is 0 Å². The van der Waals surface area contributed by atoms with Crippen LogP contribution in [0.15, 0.2) is 146 Å². The number of hydrogen-bond donors (Lipinski definition) is 0. The molecule has 0 fully saturated rings. The van der Waals surface area contributed by atoms with Crippen LogP contribution in [-0.2, 0) is 0 Å². The monoisotopic (exact) mass is 542 g/mol. The molecule has 7 aromatic rings. The molecule has 0 aliphatic rings. The maximum atomic E-state index is 5.94. The highest BCUT2D eigenvalue weighted by atomic mass is 16.5. The van der Waals surface area contributed by atoms with Gasteiger partial charge in [-0.2, -0.15) is 0 Å². The highest BCUT2D eigenvalue weighted by Gasteiger charge is 2.21. The zero-order chi connectivity index (χ0) is 28.5. The van der Waals surface area contributed by atoms with Crippen molar-refractivity contribution in [2.45, 2.75) is 0 Å². The van der Waals surface area contributed by atoms with Gasteiger partial charge >= 0.3 is 0 Å². The van der Waals surface area contributed by atoms with Crippen LogP contribution in [0.25, 0.3) is 66.1 Å². The van der Waals surface area contributed by atoms with E-state index in [1.54, 1.807) is 14.2 Å². The SMILES string of the molecule is COc1ccccc1-c1c2ccc(-c3ccccc3)cc2c(-c2ccccc2OC)c2ccc(-c3ccccc3)cc12. The van der Waals surface area contributed by atoms with E-state index in [1.807, 2.05) is 24.3 Å². The van der Waals surface area contributed by atoms with Crippen molar-refractivity contribution in [1.82, 2.24) is 0 Å². The van der Waals surface area contributed by atoms with Crippen LogP contribution in [0.5, 0.6) is 11.5 Å². The smallest absolute Gasteiger partial charge is 0.126 e. The number of benzene rings is 7. The summed E-state index contributed by atoms with van der Waals surface area (Å²) in [5.74, 6) is 1.70. The molecule has 0 bridgehead atoms. The van der Waals surface area contributed by atoms with E-state index < -0.39 is 0 Å². The van der Waals surface area contributed by atoms with Crippen molar-refractivity contribution in [2.75, 3.05) is 14.2 Å². The van der Waals surface area contributed by atoms with Gasteiger partial charge < -0.3 is 9.47 Å². The van der Waals surface area contributed by atoms with Gasteiger partial charge in [0.25, 0.3) is 0 Å². The third kappa shape index (κ3) is 4.38. The van der Waals surface area contributed by atoms with Gasteiger partial charge in [0.2, 0.25) is 0 Å². The minimum atomic E-state index is 0.849. The van der Waals surface area contributed by atoms with Gasteiger partial charge in [-0.1, -0.05) is 121 Å². The lowest BCUT2D eigenvalue weighted by atomic mass is 9.83. The predicted molar refractivity (Wildman–Crippen MR) is 176 cm³/mol. The van der Waals surface area contributed by atoms with E-state index in [4.69, 9.17) is 9.47 Å². The fourth-order valence-electron chi connectivity index (χ4n) is 6.13. The van der Waals surface area contributed by atoms with Crippen LogP contribution in [0, 0.1) is 0 Å². The Morgan fingerprint density at radius 3 is 1.12 bits per heavy atom. The fourth-order valence-corrected chi connectivity index (χ4v) is 6.13. The Labute approximate surface area is 246 Å². The normalized spacial score (nSPS) is 11.1. The summed E-state index contributed by atoms with van der Waals surface area (Å²) in [6, 6.07) is 51.4. The third-order valence-corrected chi connectivity index (χ3v) is 8.08. The van der Waals surface area contributed by atoms with Crippen LogP contribution < -0.4 is 9.47 Å². The van der Waals surface area contributed by atoms with Crippen LogP contribution in [-0.4, -0.2) is 14.2 Å². The maximum absolute atomic E-state index is 5.94. The fraction of sp³-hybridized carbons (Fsp3) is 0.0500. The number of rotatable bonds is 6. The second-order valence-electron chi connectivity index (χ2n) is 10.4. The van der Waals surface area contributed by atoms with Crippen LogP contribution >= 0.6 is 0 Å². The van der Waals surface area contributed by atoms with Crippen molar-refractivity contribution in [3.8, 4) is 56.0 Å². The molecule has 2 nitrogen and oxygen atoms in total. The molecule has 0 amide bonds. The van der Waals surface area contributed by atoms with Gasteiger partial charge in [0.1, 0.15) is 11.5 Å². The average molecular weight is 543 g/mol. The molecule has 7 rings (SSSR count). The zero-order valence-corrected chi connectivity index (χ0v) is 23.7. The summed E-state index contributed by atoms with van der Waals surface area (Å²) in [5, 5.41) is 4.67. The molecule has 0 atom stereocenters. The predicted octanol–water partition coefficient (Wildman–Crippen LogP) is 10.7. The van der Waals surface area contributed by atoms with Crippen LogP contribution in [0.1, 0.15) is 0 Å². The second-order valence-corrected chi connectivity index (χ2v) is 10.4. The Kier molecular flexibility index (Phi) is 6.65. The lowest BCUT2D eigenvalue weighted by Crippen LogP contribution is -1.95. The van der Waals surface area contributed by atoms with E-state index in [0.29, 0.717) is 0 Å². The summed E-state index contributed by atoms with van der Waals surface area (Å²) < 4.78 is 11.9. The molecule has 2 heteroatoms. The number of ether oxygens (including phenoxy) is 2. The molecule has 0 saturated carbocycles. The Balaban J connectivity index is 1.68. The zero-order valence-electron chi connectivity index (χ0n) is 23.7. The van der Waals surface area contributed by atoms with Crippen molar-refractivity contribution in [3.05, 3.63) is 146 Å². The van der Waals surface area contributed by atoms with Crippen LogP contribution in [0.4, 0.5) is 0 Å². The van der Waals surface area contributed by atoms with Crippen LogP contribution in [0.2, 0.25) is 0 Å². The highest BCUT2D eigenvalue weighted by molar-refractivity contribution is 6.23. The van der Waals surface area contributed by atoms with E-state index in [-0.39, 0.29) is 0 Å². The number of methoxy groups -OCH3 is 2. The molecular formula is C40H30O2. The number of para-hydroxylation sites is 2. The van der Waals surface area contributed by atoms with Crippen molar-refractivity contribution >= 4 is 21.5 Å². The molecule has 0 radical (unpaired) electrons. The first kappa shape index (κ1) is 25.6. The quantitative estimate of drug-likeness (QED) is 0.195. The first-order chi connectivity index (χ1) is 20.8. The Hall–Kier alpha value is -5.34. The van der Waals surface area contributed by atoms with E-state index in [2.05, 4.69) is 121 Å². The molecule has 0 N–H and O–H groups in total. The standard InChI is InChI=1S/C40H30O2/c1-41-37-19-11-9-17-33(37)39-31-23-21-30(28-15-7-4-8-16-28)26-36(31)40(34-18-10-12-20-38(34)42-2)32-24-22-29(25-35(32)39)27-13-5-3-6-14-27/h3-26H,1-2H3. The van der Waals surface area contributed by atoms with E-state index >= 15 is 0 Å². The van der Waals surface area contributed by atoms with Crippen molar-refractivity contribution in [2.24, 2.45) is 0 Å². The lowest BCUT2D eigenvalue weighted by molar-refractivity contribution is 0.416. The molecule has 7 aromatic carbocycles. The van der Waals surface area contributed by atoms with Gasteiger partial charge in [-0.3, -0.25) is 0 Å². The molecule has 0 heterocycles. The Morgan fingerprint density at radius 1 is 0.333 bits per heavy atom. The molecule has 0 aliphatic carbocycles. The van der Waals surface area contributed by atoms with Crippen molar-refractivity contribution in [1.29, 1.82) is 0 Å². The average Bonchev–Trinajstić information content (AvgIpc) is 3.07. The van der Waals surface area contributed by atoms with Gasteiger partial charge in [-0.05, 0) is 68.1 Å². The Morgan fingerprint density at radius 2 is 0.714 bits per heavy atom. The van der Waals surface area contributed by atoms with Gasteiger partial charge in [-0.25, -0.2) is 0 Å². The topological polar surface area (TPSA) is 18.5 Å². The molecule has 42 heavy (non-hydrogen) atoms. The van der Waals surface area contributed by atoms with Crippen molar-refractivity contribution < 1.29 is 9.47 Å².